The van der Waals surface area contributed by atoms with E-state index in [9.17, 15) is 23.1 Å². The first-order valence-electron chi connectivity index (χ1n) is 7.08. The maximum absolute atomic E-state index is 13.5. The number of amides is 2. The molecule has 2 aromatic rings. The second-order valence-electron chi connectivity index (χ2n) is 4.90. The van der Waals surface area contributed by atoms with E-state index < -0.39 is 24.6 Å². The molecule has 0 aliphatic carbocycles. The van der Waals surface area contributed by atoms with Gasteiger partial charge in [0.15, 0.2) is 0 Å². The zero-order valence-corrected chi connectivity index (χ0v) is 13.4. The highest BCUT2D eigenvalue weighted by Crippen LogP contribution is 2.28. The summed E-state index contributed by atoms with van der Waals surface area (Å²) in [5.41, 5.74) is 0.281. The van der Waals surface area contributed by atoms with E-state index in [2.05, 4.69) is 15.4 Å². The Labute approximate surface area is 146 Å². The summed E-state index contributed by atoms with van der Waals surface area (Å²) in [6.07, 6.45) is -1.22. The Morgan fingerprint density at radius 2 is 1.96 bits per heavy atom. The normalized spacial score (nSPS) is 11.9. The van der Waals surface area contributed by atoms with Crippen LogP contribution in [0.3, 0.4) is 0 Å². The molecule has 0 heterocycles. The Kier molecular flexibility index (Phi) is 6.49. The Hall–Kier alpha value is -2.45. The monoisotopic (exact) mass is 374 g/mol. The molecule has 5 nitrogen and oxygen atoms in total. The van der Waals surface area contributed by atoms with Crippen molar-refractivity contribution >= 4 is 23.3 Å². The minimum atomic E-state index is -3.01. The first-order chi connectivity index (χ1) is 11.9. The van der Waals surface area contributed by atoms with Crippen molar-refractivity contribution in [1.29, 1.82) is 0 Å². The molecular formula is C16H14ClF3N2O3. The van der Waals surface area contributed by atoms with Gasteiger partial charge in [-0.05, 0) is 24.3 Å². The fourth-order valence-corrected chi connectivity index (χ4v) is 2.22. The smallest absolute Gasteiger partial charge is 0.387 e. The van der Waals surface area contributed by atoms with Gasteiger partial charge in [-0.1, -0.05) is 29.8 Å². The van der Waals surface area contributed by atoms with Gasteiger partial charge >= 0.3 is 12.6 Å². The summed E-state index contributed by atoms with van der Waals surface area (Å²) >= 11 is 5.77. The number of hydrogen-bond acceptors (Lipinski definition) is 3. The lowest BCUT2D eigenvalue weighted by atomic mass is 10.1. The summed E-state index contributed by atoms with van der Waals surface area (Å²) in [6.45, 7) is -3.24. The molecule has 0 aromatic heterocycles. The molecule has 134 valence electrons. The molecule has 1 atom stereocenters. The van der Waals surface area contributed by atoms with Crippen molar-refractivity contribution in [2.24, 2.45) is 0 Å². The van der Waals surface area contributed by atoms with E-state index in [4.69, 9.17) is 11.6 Å². The molecule has 2 amide bonds. The van der Waals surface area contributed by atoms with Crippen molar-refractivity contribution in [1.82, 2.24) is 5.32 Å². The molecule has 25 heavy (non-hydrogen) atoms. The average molecular weight is 375 g/mol. The van der Waals surface area contributed by atoms with Crippen LogP contribution >= 0.6 is 11.6 Å². The van der Waals surface area contributed by atoms with E-state index in [0.29, 0.717) is 0 Å². The Morgan fingerprint density at radius 1 is 1.24 bits per heavy atom. The number of hydrogen-bond donors (Lipinski definition) is 3. The summed E-state index contributed by atoms with van der Waals surface area (Å²) in [5, 5.41) is 14.5. The van der Waals surface area contributed by atoms with Crippen molar-refractivity contribution in [3.8, 4) is 5.75 Å². The highest BCUT2D eigenvalue weighted by Gasteiger charge is 2.14. The van der Waals surface area contributed by atoms with Crippen molar-refractivity contribution in [2.75, 3.05) is 11.9 Å². The number of aliphatic hydroxyl groups excluding tert-OH is 1. The first kappa shape index (κ1) is 18.9. The van der Waals surface area contributed by atoms with Gasteiger partial charge in [0, 0.05) is 17.8 Å². The molecule has 0 aliphatic rings. The van der Waals surface area contributed by atoms with Gasteiger partial charge in [-0.2, -0.15) is 8.78 Å². The summed E-state index contributed by atoms with van der Waals surface area (Å²) in [4.78, 5) is 11.8. The number of ether oxygens (including phenoxy) is 1. The molecule has 0 spiro atoms. The standard InChI is InChI=1S/C16H14ClF3N2O3/c17-11-7-9(5-6-14(11)25-15(19)20)22-16(24)21-8-13(23)10-3-1-2-4-12(10)18/h1-7,13,15,23H,8H2,(H2,21,22,24). The summed E-state index contributed by atoms with van der Waals surface area (Å²) in [5.74, 6) is -0.809. The number of carbonyl (C=O) groups excluding carboxylic acids is 1. The molecular weight excluding hydrogens is 361 g/mol. The lowest BCUT2D eigenvalue weighted by Crippen LogP contribution is -2.32. The van der Waals surface area contributed by atoms with Gasteiger partial charge in [0.05, 0.1) is 11.1 Å². The van der Waals surface area contributed by atoms with Crippen molar-refractivity contribution < 1.29 is 27.8 Å². The Balaban J connectivity index is 1.90. The number of carbonyl (C=O) groups is 1. The number of urea groups is 1. The molecule has 1 unspecified atom stereocenters. The molecule has 2 rings (SSSR count). The molecule has 0 saturated heterocycles. The summed E-state index contributed by atoms with van der Waals surface area (Å²) in [7, 11) is 0. The second kappa shape index (κ2) is 8.59. The van der Waals surface area contributed by atoms with Gasteiger partial charge in [-0.3, -0.25) is 0 Å². The topological polar surface area (TPSA) is 70.6 Å². The number of aliphatic hydroxyl groups is 1. The van der Waals surface area contributed by atoms with Crippen LogP contribution < -0.4 is 15.4 Å². The third kappa shape index (κ3) is 5.54. The fourth-order valence-electron chi connectivity index (χ4n) is 1.99. The van der Waals surface area contributed by atoms with Crippen LogP contribution in [-0.4, -0.2) is 24.3 Å². The molecule has 3 N–H and O–H groups in total. The van der Waals surface area contributed by atoms with Gasteiger partial charge in [-0.15, -0.1) is 0 Å². The van der Waals surface area contributed by atoms with Crippen molar-refractivity contribution in [3.05, 3.63) is 58.9 Å². The summed E-state index contributed by atoms with van der Waals surface area (Å²) in [6, 6.07) is 8.68. The lowest BCUT2D eigenvalue weighted by Gasteiger charge is -2.14. The highest BCUT2D eigenvalue weighted by molar-refractivity contribution is 6.32. The quantitative estimate of drug-likeness (QED) is 0.717. The highest BCUT2D eigenvalue weighted by atomic mass is 35.5. The van der Waals surface area contributed by atoms with E-state index in [-0.39, 0.29) is 28.6 Å². The van der Waals surface area contributed by atoms with Gasteiger partial charge in [0.2, 0.25) is 0 Å². The number of alkyl halides is 2. The fraction of sp³-hybridized carbons (Fsp3) is 0.188. The predicted molar refractivity (Wildman–Crippen MR) is 86.5 cm³/mol. The van der Waals surface area contributed by atoms with Crippen LogP contribution in [0.15, 0.2) is 42.5 Å². The van der Waals surface area contributed by atoms with Crippen LogP contribution in [0.5, 0.6) is 5.75 Å². The zero-order valence-electron chi connectivity index (χ0n) is 12.7. The molecule has 0 aliphatic heterocycles. The minimum absolute atomic E-state index is 0.0549. The molecule has 9 heteroatoms. The molecule has 0 radical (unpaired) electrons. The van der Waals surface area contributed by atoms with Crippen LogP contribution in [-0.2, 0) is 0 Å². The van der Waals surface area contributed by atoms with Crippen LogP contribution in [0, 0.1) is 5.82 Å². The molecule has 0 saturated carbocycles. The van der Waals surface area contributed by atoms with Gasteiger partial charge in [0.1, 0.15) is 11.6 Å². The van der Waals surface area contributed by atoms with Crippen LogP contribution in [0.4, 0.5) is 23.7 Å². The lowest BCUT2D eigenvalue weighted by molar-refractivity contribution is -0.0497. The average Bonchev–Trinajstić information content (AvgIpc) is 2.55. The Morgan fingerprint density at radius 3 is 2.60 bits per heavy atom. The van der Waals surface area contributed by atoms with Gasteiger partial charge in [0.25, 0.3) is 0 Å². The molecule has 0 bridgehead atoms. The van der Waals surface area contributed by atoms with Crippen LogP contribution in [0.2, 0.25) is 5.02 Å². The SMILES string of the molecule is O=C(NCC(O)c1ccccc1F)Nc1ccc(OC(F)F)c(Cl)c1. The molecule has 2 aromatic carbocycles. The van der Waals surface area contributed by atoms with E-state index in [1.165, 1.54) is 36.4 Å². The maximum atomic E-state index is 13.5. The van der Waals surface area contributed by atoms with Crippen LogP contribution in [0.25, 0.3) is 0 Å². The third-order valence-electron chi connectivity index (χ3n) is 3.13. The number of rotatable bonds is 6. The van der Waals surface area contributed by atoms with E-state index >= 15 is 0 Å². The predicted octanol–water partition coefficient (Wildman–Crippen LogP) is 3.94. The third-order valence-corrected chi connectivity index (χ3v) is 3.42. The van der Waals surface area contributed by atoms with Crippen molar-refractivity contribution in [2.45, 2.75) is 12.7 Å². The number of anilines is 1. The zero-order chi connectivity index (χ0) is 18.4. The second-order valence-corrected chi connectivity index (χ2v) is 5.30. The summed E-state index contributed by atoms with van der Waals surface area (Å²) < 4.78 is 42.0. The van der Waals surface area contributed by atoms with E-state index in [1.54, 1.807) is 6.07 Å². The maximum Gasteiger partial charge on any atom is 0.387 e. The van der Waals surface area contributed by atoms with E-state index in [1.807, 2.05) is 0 Å². The minimum Gasteiger partial charge on any atom is -0.433 e. The van der Waals surface area contributed by atoms with Gasteiger partial charge < -0.3 is 20.5 Å². The number of benzene rings is 2. The Bertz CT molecular complexity index is 746. The van der Waals surface area contributed by atoms with Gasteiger partial charge in [-0.25, -0.2) is 9.18 Å². The first-order valence-corrected chi connectivity index (χ1v) is 7.46. The largest absolute Gasteiger partial charge is 0.433 e. The molecule has 0 fully saturated rings. The van der Waals surface area contributed by atoms with E-state index in [0.717, 1.165) is 0 Å². The van der Waals surface area contributed by atoms with Crippen LogP contribution in [0.1, 0.15) is 11.7 Å². The number of halogens is 4. The number of nitrogens with one attached hydrogen (secondary N) is 2. The van der Waals surface area contributed by atoms with Crippen molar-refractivity contribution in [3.63, 3.8) is 0 Å².